The molecule has 146 valence electrons. The summed E-state index contributed by atoms with van der Waals surface area (Å²) in [5.74, 6) is 1.08. The molecule has 2 amide bonds. The van der Waals surface area contributed by atoms with Crippen LogP contribution in [0.1, 0.15) is 30.5 Å². The molecular formula is C22H24N2O4. The number of hydrogen-bond acceptors (Lipinski definition) is 4. The molecule has 0 aliphatic carbocycles. The number of likely N-dealkylation sites (tertiary alicyclic amines) is 1. The average Bonchev–Trinajstić information content (AvgIpc) is 3.33. The van der Waals surface area contributed by atoms with Crippen molar-refractivity contribution >= 4 is 11.8 Å². The number of nitrogens with one attached hydrogen (secondary N) is 1. The van der Waals surface area contributed by atoms with Crippen LogP contribution < -0.4 is 14.8 Å². The van der Waals surface area contributed by atoms with Crippen LogP contribution in [0, 0.1) is 5.92 Å². The fourth-order valence-electron chi connectivity index (χ4n) is 3.67. The molecule has 2 unspecified atom stereocenters. The van der Waals surface area contributed by atoms with Gasteiger partial charge in [-0.15, -0.1) is 0 Å². The molecule has 0 aromatic heterocycles. The second-order valence-corrected chi connectivity index (χ2v) is 7.32. The van der Waals surface area contributed by atoms with E-state index in [2.05, 4.69) is 17.4 Å². The van der Waals surface area contributed by atoms with Crippen molar-refractivity contribution in [3.05, 3.63) is 59.7 Å². The third-order valence-corrected chi connectivity index (χ3v) is 5.35. The highest BCUT2D eigenvalue weighted by molar-refractivity contribution is 5.89. The van der Waals surface area contributed by atoms with Gasteiger partial charge in [-0.25, -0.2) is 0 Å². The molecule has 2 aromatic rings. The van der Waals surface area contributed by atoms with Crippen molar-refractivity contribution in [3.8, 4) is 11.5 Å². The number of hydrogen-bond donors (Lipinski definition) is 1. The molecule has 0 spiro atoms. The monoisotopic (exact) mass is 380 g/mol. The van der Waals surface area contributed by atoms with Gasteiger partial charge in [0.2, 0.25) is 18.6 Å². The van der Waals surface area contributed by atoms with E-state index < -0.39 is 0 Å². The zero-order valence-electron chi connectivity index (χ0n) is 15.9. The van der Waals surface area contributed by atoms with Gasteiger partial charge >= 0.3 is 0 Å². The first-order chi connectivity index (χ1) is 13.6. The zero-order valence-corrected chi connectivity index (χ0v) is 15.9. The van der Waals surface area contributed by atoms with Crippen LogP contribution in [-0.4, -0.2) is 36.6 Å². The summed E-state index contributed by atoms with van der Waals surface area (Å²) in [6, 6.07) is 15.6. The summed E-state index contributed by atoms with van der Waals surface area (Å²) in [6.07, 6.45) is 1.07. The summed E-state index contributed by atoms with van der Waals surface area (Å²) < 4.78 is 10.7. The van der Waals surface area contributed by atoms with Gasteiger partial charge in [0, 0.05) is 19.5 Å². The van der Waals surface area contributed by atoms with Gasteiger partial charge in [0.15, 0.2) is 11.5 Å². The van der Waals surface area contributed by atoms with Gasteiger partial charge in [0.25, 0.3) is 0 Å². The highest BCUT2D eigenvalue weighted by Gasteiger charge is 2.34. The number of benzene rings is 2. The fraction of sp³-hybridized carbons (Fsp3) is 0.364. The molecule has 2 heterocycles. The number of amides is 2. The minimum atomic E-state index is -0.306. The molecule has 2 atom stereocenters. The van der Waals surface area contributed by atoms with Crippen LogP contribution in [0.25, 0.3) is 0 Å². The SMILES string of the molecule is CC(NC(=O)C1CC(=O)N(CCc2ccccc2)C1)c1ccc2c(c1)OCO2. The first kappa shape index (κ1) is 18.3. The van der Waals surface area contributed by atoms with E-state index in [1.807, 2.05) is 43.3 Å². The maximum atomic E-state index is 12.7. The molecule has 2 aliphatic heterocycles. The number of ether oxygens (including phenoxy) is 2. The maximum Gasteiger partial charge on any atom is 0.231 e. The van der Waals surface area contributed by atoms with Crippen LogP contribution in [0.2, 0.25) is 0 Å². The number of nitrogens with zero attached hydrogens (tertiary/aromatic N) is 1. The number of carbonyl (C=O) groups excluding carboxylic acids is 2. The van der Waals surface area contributed by atoms with Crippen LogP contribution in [0.15, 0.2) is 48.5 Å². The van der Waals surface area contributed by atoms with E-state index >= 15 is 0 Å². The molecule has 0 radical (unpaired) electrons. The van der Waals surface area contributed by atoms with Crippen LogP contribution in [0.5, 0.6) is 11.5 Å². The Kier molecular flexibility index (Phi) is 5.19. The van der Waals surface area contributed by atoms with Crippen molar-refractivity contribution in [3.63, 3.8) is 0 Å². The lowest BCUT2D eigenvalue weighted by molar-refractivity contribution is -0.129. The Bertz CT molecular complexity index is 868. The molecule has 1 N–H and O–H groups in total. The fourth-order valence-corrected chi connectivity index (χ4v) is 3.67. The molecule has 6 heteroatoms. The lowest BCUT2D eigenvalue weighted by atomic mass is 10.0. The Morgan fingerprint density at radius 2 is 1.96 bits per heavy atom. The summed E-state index contributed by atoms with van der Waals surface area (Å²) in [7, 11) is 0. The number of fused-ring (bicyclic) bond motifs is 1. The molecule has 0 bridgehead atoms. The first-order valence-electron chi connectivity index (χ1n) is 9.62. The van der Waals surface area contributed by atoms with Crippen LogP contribution in [0.3, 0.4) is 0 Å². The lowest BCUT2D eigenvalue weighted by Gasteiger charge is -2.19. The summed E-state index contributed by atoms with van der Waals surface area (Å²) in [4.78, 5) is 26.8. The summed E-state index contributed by atoms with van der Waals surface area (Å²) >= 11 is 0. The van der Waals surface area contributed by atoms with Crippen molar-refractivity contribution in [2.45, 2.75) is 25.8 Å². The molecule has 2 aliphatic rings. The van der Waals surface area contributed by atoms with E-state index in [9.17, 15) is 9.59 Å². The van der Waals surface area contributed by atoms with Crippen molar-refractivity contribution < 1.29 is 19.1 Å². The molecule has 1 fully saturated rings. The quantitative estimate of drug-likeness (QED) is 0.837. The molecule has 4 rings (SSSR count). The highest BCUT2D eigenvalue weighted by Crippen LogP contribution is 2.34. The van der Waals surface area contributed by atoms with E-state index in [1.54, 1.807) is 4.90 Å². The Hall–Kier alpha value is -3.02. The second-order valence-electron chi connectivity index (χ2n) is 7.32. The summed E-state index contributed by atoms with van der Waals surface area (Å²) in [5.41, 5.74) is 2.14. The van der Waals surface area contributed by atoms with Crippen LogP contribution in [-0.2, 0) is 16.0 Å². The van der Waals surface area contributed by atoms with E-state index in [0.29, 0.717) is 18.8 Å². The maximum absolute atomic E-state index is 12.7. The standard InChI is InChI=1S/C22H24N2O4/c1-15(17-7-8-19-20(11-17)28-14-27-19)23-22(26)18-12-21(25)24(13-18)10-9-16-5-3-2-4-6-16/h2-8,11,15,18H,9-10,12-14H2,1H3,(H,23,26). The van der Waals surface area contributed by atoms with Crippen molar-refractivity contribution in [2.75, 3.05) is 19.9 Å². The van der Waals surface area contributed by atoms with E-state index in [4.69, 9.17) is 9.47 Å². The molecule has 6 nitrogen and oxygen atoms in total. The van der Waals surface area contributed by atoms with Gasteiger partial charge in [-0.05, 0) is 36.6 Å². The summed E-state index contributed by atoms with van der Waals surface area (Å²) in [6.45, 7) is 3.28. The lowest BCUT2D eigenvalue weighted by Crippen LogP contribution is -2.35. The van der Waals surface area contributed by atoms with Crippen molar-refractivity contribution in [1.29, 1.82) is 0 Å². The Labute approximate surface area is 164 Å². The molecule has 28 heavy (non-hydrogen) atoms. The van der Waals surface area contributed by atoms with Crippen molar-refractivity contribution in [2.24, 2.45) is 5.92 Å². The predicted octanol–water partition coefficient (Wildman–Crippen LogP) is 2.68. The smallest absolute Gasteiger partial charge is 0.231 e. The Morgan fingerprint density at radius 3 is 2.79 bits per heavy atom. The molecule has 1 saturated heterocycles. The van der Waals surface area contributed by atoms with Gasteiger partial charge in [-0.2, -0.15) is 0 Å². The number of rotatable bonds is 6. The van der Waals surface area contributed by atoms with E-state index in [1.165, 1.54) is 5.56 Å². The van der Waals surface area contributed by atoms with E-state index in [0.717, 1.165) is 17.7 Å². The van der Waals surface area contributed by atoms with Crippen LogP contribution in [0.4, 0.5) is 0 Å². The zero-order chi connectivity index (χ0) is 19.5. The third-order valence-electron chi connectivity index (χ3n) is 5.35. The highest BCUT2D eigenvalue weighted by atomic mass is 16.7. The average molecular weight is 380 g/mol. The Balaban J connectivity index is 1.31. The minimum absolute atomic E-state index is 0.0480. The second kappa shape index (κ2) is 7.92. The van der Waals surface area contributed by atoms with Crippen LogP contribution >= 0.6 is 0 Å². The number of carbonyl (C=O) groups is 2. The summed E-state index contributed by atoms with van der Waals surface area (Å²) in [5, 5.41) is 3.03. The Morgan fingerprint density at radius 1 is 1.18 bits per heavy atom. The predicted molar refractivity (Wildman–Crippen MR) is 104 cm³/mol. The topological polar surface area (TPSA) is 67.9 Å². The third kappa shape index (κ3) is 3.96. The van der Waals surface area contributed by atoms with E-state index in [-0.39, 0.29) is 37.0 Å². The molecule has 2 aromatic carbocycles. The molecule has 0 saturated carbocycles. The van der Waals surface area contributed by atoms with Gasteiger partial charge in [-0.3, -0.25) is 9.59 Å². The first-order valence-corrected chi connectivity index (χ1v) is 9.62. The normalized spacial score (nSPS) is 19.0. The van der Waals surface area contributed by atoms with Crippen molar-refractivity contribution in [1.82, 2.24) is 10.2 Å². The molecular weight excluding hydrogens is 356 g/mol. The van der Waals surface area contributed by atoms with Gasteiger partial charge in [-0.1, -0.05) is 36.4 Å². The van der Waals surface area contributed by atoms with Gasteiger partial charge in [0.1, 0.15) is 0 Å². The largest absolute Gasteiger partial charge is 0.454 e. The minimum Gasteiger partial charge on any atom is -0.454 e. The van der Waals surface area contributed by atoms with Gasteiger partial charge in [0.05, 0.1) is 12.0 Å². The van der Waals surface area contributed by atoms with Gasteiger partial charge < -0.3 is 19.7 Å².